The van der Waals surface area contributed by atoms with Gasteiger partial charge in [-0.15, -0.1) is 0 Å². The second-order valence-electron chi connectivity index (χ2n) is 6.27. The molecule has 24 heavy (non-hydrogen) atoms. The minimum atomic E-state index is -0.284. The molecule has 0 atom stereocenters. The molecule has 0 unspecified atom stereocenters. The molecule has 0 spiro atoms. The van der Waals surface area contributed by atoms with E-state index in [-0.39, 0.29) is 5.97 Å². The number of anilines is 2. The average Bonchev–Trinajstić information content (AvgIpc) is 2.62. The van der Waals surface area contributed by atoms with Crippen molar-refractivity contribution in [2.45, 2.75) is 25.7 Å². The molecule has 5 nitrogen and oxygen atoms in total. The fourth-order valence-corrected chi connectivity index (χ4v) is 3.31. The second-order valence-corrected chi connectivity index (χ2v) is 6.27. The predicted octanol–water partition coefficient (Wildman–Crippen LogP) is 3.14. The van der Waals surface area contributed by atoms with Crippen molar-refractivity contribution in [1.82, 2.24) is 4.98 Å². The van der Waals surface area contributed by atoms with E-state index in [0.29, 0.717) is 17.3 Å². The number of hydrogen-bond donors (Lipinski definition) is 1. The first-order chi connectivity index (χ1) is 11.6. The van der Waals surface area contributed by atoms with Crippen molar-refractivity contribution >= 4 is 17.5 Å². The lowest BCUT2D eigenvalue weighted by molar-refractivity contribution is 0.0600. The van der Waals surface area contributed by atoms with Crippen LogP contribution >= 0.6 is 0 Å². The Morgan fingerprint density at radius 3 is 2.58 bits per heavy atom. The van der Waals surface area contributed by atoms with Gasteiger partial charge in [-0.2, -0.15) is 0 Å². The largest absolute Gasteiger partial charge is 0.465 e. The van der Waals surface area contributed by atoms with Crippen LogP contribution in [0, 0.1) is 6.92 Å². The number of aryl methyl sites for hydroxylation is 1. The summed E-state index contributed by atoms with van der Waals surface area (Å²) in [5.41, 5.74) is 9.66. The number of carbonyl (C=O) groups is 1. The molecule has 0 amide bonds. The molecule has 2 aromatic rings. The van der Waals surface area contributed by atoms with Gasteiger partial charge in [0, 0.05) is 25.0 Å². The fraction of sp³-hybridized carbons (Fsp3) is 0.368. The zero-order chi connectivity index (χ0) is 17.1. The maximum Gasteiger partial charge on any atom is 0.338 e. The average molecular weight is 325 g/mol. The van der Waals surface area contributed by atoms with E-state index in [1.807, 2.05) is 31.3 Å². The highest BCUT2D eigenvalue weighted by atomic mass is 16.5. The minimum absolute atomic E-state index is 0.284. The van der Waals surface area contributed by atoms with Crippen molar-refractivity contribution in [3.05, 3.63) is 53.2 Å². The van der Waals surface area contributed by atoms with Crippen LogP contribution in [0.5, 0.6) is 0 Å². The summed E-state index contributed by atoms with van der Waals surface area (Å²) in [7, 11) is 1.41. The van der Waals surface area contributed by atoms with Crippen molar-refractivity contribution in [2.24, 2.45) is 0 Å². The van der Waals surface area contributed by atoms with E-state index in [9.17, 15) is 4.79 Å². The monoisotopic (exact) mass is 325 g/mol. The van der Waals surface area contributed by atoms with Crippen molar-refractivity contribution in [3.8, 4) is 0 Å². The van der Waals surface area contributed by atoms with E-state index in [0.717, 1.165) is 37.2 Å². The number of nitrogens with two attached hydrogens (primary N) is 1. The van der Waals surface area contributed by atoms with Crippen LogP contribution < -0.4 is 10.6 Å². The molecular formula is C19H23N3O2. The summed E-state index contributed by atoms with van der Waals surface area (Å²) in [6.45, 7) is 3.93. The van der Waals surface area contributed by atoms with E-state index in [4.69, 9.17) is 10.5 Å². The van der Waals surface area contributed by atoms with E-state index in [1.54, 1.807) is 0 Å². The number of ether oxygens (including phenoxy) is 1. The zero-order valence-corrected chi connectivity index (χ0v) is 14.2. The van der Waals surface area contributed by atoms with Crippen molar-refractivity contribution in [2.75, 3.05) is 30.8 Å². The predicted molar refractivity (Wildman–Crippen MR) is 95.4 cm³/mol. The molecule has 1 aliphatic heterocycles. The number of benzene rings is 1. The third kappa shape index (κ3) is 3.35. The highest BCUT2D eigenvalue weighted by Gasteiger charge is 2.21. The first kappa shape index (κ1) is 16.3. The van der Waals surface area contributed by atoms with Gasteiger partial charge < -0.3 is 15.4 Å². The number of carbonyl (C=O) groups excluding carboxylic acids is 1. The molecule has 2 heterocycles. The van der Waals surface area contributed by atoms with E-state index in [2.05, 4.69) is 22.0 Å². The number of rotatable bonds is 3. The van der Waals surface area contributed by atoms with Crippen LogP contribution in [-0.2, 0) is 4.74 Å². The van der Waals surface area contributed by atoms with Gasteiger partial charge in [-0.1, -0.05) is 6.07 Å². The molecular weight excluding hydrogens is 302 g/mol. The van der Waals surface area contributed by atoms with Crippen LogP contribution in [0.1, 0.15) is 40.2 Å². The van der Waals surface area contributed by atoms with E-state index < -0.39 is 0 Å². The summed E-state index contributed by atoms with van der Waals surface area (Å²) < 4.78 is 4.81. The van der Waals surface area contributed by atoms with Gasteiger partial charge in [-0.25, -0.2) is 9.78 Å². The first-order valence-corrected chi connectivity index (χ1v) is 8.24. The van der Waals surface area contributed by atoms with Crippen LogP contribution in [0.2, 0.25) is 0 Å². The molecule has 1 aromatic heterocycles. The SMILES string of the molecule is COC(=O)c1ccc(N2CCC(c3ccc(N)nc3)CC2)cc1C. The van der Waals surface area contributed by atoms with Crippen LogP contribution in [0.4, 0.5) is 11.5 Å². The normalized spacial score (nSPS) is 15.3. The lowest BCUT2D eigenvalue weighted by atomic mass is 9.90. The number of nitrogens with zero attached hydrogens (tertiary/aromatic N) is 2. The number of methoxy groups -OCH3 is 1. The molecule has 5 heteroatoms. The number of hydrogen-bond acceptors (Lipinski definition) is 5. The fourth-order valence-electron chi connectivity index (χ4n) is 3.31. The van der Waals surface area contributed by atoms with Crippen LogP contribution in [0.25, 0.3) is 0 Å². The van der Waals surface area contributed by atoms with Gasteiger partial charge in [0.15, 0.2) is 0 Å². The third-order valence-electron chi connectivity index (χ3n) is 4.76. The topological polar surface area (TPSA) is 68.5 Å². The third-order valence-corrected chi connectivity index (χ3v) is 4.76. The highest BCUT2D eigenvalue weighted by molar-refractivity contribution is 5.91. The summed E-state index contributed by atoms with van der Waals surface area (Å²) in [6.07, 6.45) is 4.07. The standard InChI is InChI=1S/C19H23N3O2/c1-13-11-16(4-5-17(13)19(23)24-2)22-9-7-14(8-10-22)15-3-6-18(20)21-12-15/h3-6,11-12,14H,7-10H2,1-2H3,(H2,20,21). The Kier molecular flexibility index (Phi) is 4.69. The van der Waals surface area contributed by atoms with Crippen molar-refractivity contribution in [1.29, 1.82) is 0 Å². The van der Waals surface area contributed by atoms with Gasteiger partial charge in [-0.05, 0) is 61.1 Å². The molecule has 126 valence electrons. The number of nitrogen functional groups attached to an aromatic ring is 1. The Morgan fingerprint density at radius 2 is 2.00 bits per heavy atom. The van der Waals surface area contributed by atoms with Crippen LogP contribution in [-0.4, -0.2) is 31.2 Å². The Balaban J connectivity index is 1.67. The van der Waals surface area contributed by atoms with Gasteiger partial charge in [0.2, 0.25) is 0 Å². The van der Waals surface area contributed by atoms with Gasteiger partial charge in [0.05, 0.1) is 12.7 Å². The number of piperidine rings is 1. The minimum Gasteiger partial charge on any atom is -0.465 e. The Labute approximate surface area is 142 Å². The molecule has 1 saturated heterocycles. The first-order valence-electron chi connectivity index (χ1n) is 8.24. The summed E-state index contributed by atoms with van der Waals surface area (Å²) in [6, 6.07) is 9.88. The van der Waals surface area contributed by atoms with Gasteiger partial charge in [0.1, 0.15) is 5.82 Å². The van der Waals surface area contributed by atoms with E-state index in [1.165, 1.54) is 12.7 Å². The maximum absolute atomic E-state index is 11.7. The summed E-state index contributed by atoms with van der Waals surface area (Å²) >= 11 is 0. The molecule has 1 fully saturated rings. The molecule has 0 radical (unpaired) electrons. The molecule has 3 rings (SSSR count). The molecule has 2 N–H and O–H groups in total. The van der Waals surface area contributed by atoms with Crippen LogP contribution in [0.3, 0.4) is 0 Å². The molecule has 1 aromatic carbocycles. The lowest BCUT2D eigenvalue weighted by Gasteiger charge is -2.34. The molecule has 0 saturated carbocycles. The molecule has 1 aliphatic rings. The number of esters is 1. The number of aromatic nitrogens is 1. The summed E-state index contributed by atoms with van der Waals surface area (Å²) in [4.78, 5) is 18.3. The van der Waals surface area contributed by atoms with Gasteiger partial charge >= 0.3 is 5.97 Å². The maximum atomic E-state index is 11.7. The van der Waals surface area contributed by atoms with Crippen molar-refractivity contribution in [3.63, 3.8) is 0 Å². The smallest absolute Gasteiger partial charge is 0.338 e. The Bertz CT molecular complexity index is 720. The summed E-state index contributed by atoms with van der Waals surface area (Å²) in [5, 5.41) is 0. The van der Waals surface area contributed by atoms with Gasteiger partial charge in [0.25, 0.3) is 0 Å². The Morgan fingerprint density at radius 1 is 1.25 bits per heavy atom. The van der Waals surface area contributed by atoms with Gasteiger partial charge in [-0.3, -0.25) is 0 Å². The number of pyridine rings is 1. The quantitative estimate of drug-likeness (QED) is 0.878. The molecule has 0 bridgehead atoms. The zero-order valence-electron chi connectivity index (χ0n) is 14.2. The second kappa shape index (κ2) is 6.91. The Hall–Kier alpha value is -2.56. The molecule has 0 aliphatic carbocycles. The van der Waals surface area contributed by atoms with Crippen LogP contribution in [0.15, 0.2) is 36.5 Å². The lowest BCUT2D eigenvalue weighted by Crippen LogP contribution is -2.33. The summed E-state index contributed by atoms with van der Waals surface area (Å²) in [5.74, 6) is 0.816. The van der Waals surface area contributed by atoms with Crippen molar-refractivity contribution < 1.29 is 9.53 Å². The highest BCUT2D eigenvalue weighted by Crippen LogP contribution is 2.31. The van der Waals surface area contributed by atoms with E-state index >= 15 is 0 Å².